The summed E-state index contributed by atoms with van der Waals surface area (Å²) in [6.07, 6.45) is -1.75. The first-order valence-electron chi connectivity index (χ1n) is 8.63. The van der Waals surface area contributed by atoms with Crippen LogP contribution < -0.4 is 10.6 Å². The molecule has 0 spiro atoms. The number of carbonyl (C=O) groups is 3. The van der Waals surface area contributed by atoms with Gasteiger partial charge in [0.25, 0.3) is 0 Å². The van der Waals surface area contributed by atoms with Crippen LogP contribution >= 0.6 is 0 Å². The van der Waals surface area contributed by atoms with Gasteiger partial charge in [0.1, 0.15) is 11.6 Å². The van der Waals surface area contributed by atoms with Crippen LogP contribution in [0.15, 0.2) is 30.3 Å². The molecular formula is C19H28N2O6. The van der Waals surface area contributed by atoms with Gasteiger partial charge in [0, 0.05) is 6.42 Å². The number of methoxy groups -OCH3 is 1. The Balaban J connectivity index is 2.95. The lowest BCUT2D eigenvalue weighted by atomic mass is 10.0. The van der Waals surface area contributed by atoms with Crippen LogP contribution in [-0.2, 0) is 25.5 Å². The molecule has 8 heteroatoms. The summed E-state index contributed by atoms with van der Waals surface area (Å²) in [5, 5.41) is 14.7. The number of hydrogen-bond donors (Lipinski definition) is 3. The third-order valence-corrected chi connectivity index (χ3v) is 3.53. The third-order valence-electron chi connectivity index (χ3n) is 3.53. The number of esters is 1. The quantitative estimate of drug-likeness (QED) is 0.612. The van der Waals surface area contributed by atoms with E-state index in [0.29, 0.717) is 0 Å². The van der Waals surface area contributed by atoms with E-state index in [0.717, 1.165) is 12.7 Å². The van der Waals surface area contributed by atoms with Crippen LogP contribution in [0.25, 0.3) is 0 Å². The van der Waals surface area contributed by atoms with Crippen molar-refractivity contribution >= 4 is 18.0 Å². The first-order valence-corrected chi connectivity index (χ1v) is 8.63. The van der Waals surface area contributed by atoms with Gasteiger partial charge in [-0.15, -0.1) is 0 Å². The lowest BCUT2D eigenvalue weighted by Gasteiger charge is -2.25. The number of alkyl carbamates (subject to hydrolysis) is 1. The number of rotatable bonds is 7. The molecule has 0 fully saturated rings. The van der Waals surface area contributed by atoms with Gasteiger partial charge < -0.3 is 25.2 Å². The summed E-state index contributed by atoms with van der Waals surface area (Å²) in [4.78, 5) is 36.6. The van der Waals surface area contributed by atoms with E-state index in [-0.39, 0.29) is 6.42 Å². The number of amides is 2. The summed E-state index contributed by atoms with van der Waals surface area (Å²) in [7, 11) is 1.16. The molecule has 27 heavy (non-hydrogen) atoms. The molecule has 3 atom stereocenters. The zero-order valence-corrected chi connectivity index (χ0v) is 16.3. The predicted octanol–water partition coefficient (Wildman–Crippen LogP) is 1.16. The molecule has 1 aromatic rings. The van der Waals surface area contributed by atoms with Crippen LogP contribution in [-0.4, -0.2) is 54.0 Å². The van der Waals surface area contributed by atoms with Crippen LogP contribution in [0.1, 0.15) is 33.3 Å². The average Bonchev–Trinajstić information content (AvgIpc) is 2.57. The van der Waals surface area contributed by atoms with Gasteiger partial charge >= 0.3 is 12.1 Å². The Bertz CT molecular complexity index is 639. The number of ether oxygens (including phenoxy) is 2. The van der Waals surface area contributed by atoms with Gasteiger partial charge in [-0.25, -0.2) is 9.59 Å². The summed E-state index contributed by atoms with van der Waals surface area (Å²) in [5.74, 6) is -1.42. The van der Waals surface area contributed by atoms with Crippen LogP contribution in [0.2, 0.25) is 0 Å². The number of nitrogens with one attached hydrogen (secondary N) is 2. The summed E-state index contributed by atoms with van der Waals surface area (Å²) < 4.78 is 9.80. The molecule has 0 saturated carbocycles. The molecule has 2 amide bonds. The second kappa shape index (κ2) is 9.91. The molecule has 0 aliphatic carbocycles. The van der Waals surface area contributed by atoms with Gasteiger partial charge in [0.2, 0.25) is 5.91 Å². The molecule has 0 radical (unpaired) electrons. The van der Waals surface area contributed by atoms with Crippen molar-refractivity contribution in [2.75, 3.05) is 7.11 Å². The van der Waals surface area contributed by atoms with E-state index in [9.17, 15) is 19.5 Å². The number of benzene rings is 1. The first kappa shape index (κ1) is 22.4. The standard InChI is InChI=1S/C19H28N2O6/c1-12(22)15(17(24)26-5)21-16(23)14(11-13-9-7-6-8-10-13)20-18(25)27-19(2,3)4/h6-10,12,14-15,22H,11H2,1-5H3,(H,20,25)(H,21,23)/t12-,14-,15-/m0/s1. The van der Waals surface area contributed by atoms with Gasteiger partial charge in [-0.1, -0.05) is 30.3 Å². The van der Waals surface area contributed by atoms with Crippen LogP contribution in [0.3, 0.4) is 0 Å². The minimum Gasteiger partial charge on any atom is -0.467 e. The Morgan fingerprint density at radius 3 is 2.19 bits per heavy atom. The molecule has 0 saturated heterocycles. The lowest BCUT2D eigenvalue weighted by molar-refractivity contribution is -0.148. The Hall–Kier alpha value is -2.61. The summed E-state index contributed by atoms with van der Waals surface area (Å²) in [6, 6.07) is 6.82. The average molecular weight is 380 g/mol. The highest BCUT2D eigenvalue weighted by atomic mass is 16.6. The van der Waals surface area contributed by atoms with E-state index >= 15 is 0 Å². The maximum atomic E-state index is 12.7. The van der Waals surface area contributed by atoms with Crippen molar-refractivity contribution in [2.45, 2.75) is 57.9 Å². The normalized spacial score (nSPS) is 14.4. The van der Waals surface area contributed by atoms with Crippen molar-refractivity contribution in [3.8, 4) is 0 Å². The SMILES string of the molecule is COC(=O)[C@@H](NC(=O)[C@H](Cc1ccccc1)NC(=O)OC(C)(C)C)[C@H](C)O. The molecule has 150 valence electrons. The number of carbonyl (C=O) groups excluding carboxylic acids is 3. The third kappa shape index (κ3) is 8.08. The predicted molar refractivity (Wildman–Crippen MR) is 98.9 cm³/mol. The van der Waals surface area contributed by atoms with Crippen molar-refractivity contribution in [3.05, 3.63) is 35.9 Å². The Labute approximate surface area is 159 Å². The topological polar surface area (TPSA) is 114 Å². The van der Waals surface area contributed by atoms with E-state index in [4.69, 9.17) is 4.74 Å². The Kier molecular flexibility index (Phi) is 8.24. The summed E-state index contributed by atoms with van der Waals surface area (Å²) in [6.45, 7) is 6.48. The molecule has 3 N–H and O–H groups in total. The monoisotopic (exact) mass is 380 g/mol. The van der Waals surface area contributed by atoms with Crippen LogP contribution in [0, 0.1) is 0 Å². The summed E-state index contributed by atoms with van der Waals surface area (Å²) in [5.41, 5.74) is 0.0758. The highest BCUT2D eigenvalue weighted by Gasteiger charge is 2.31. The second-order valence-electron chi connectivity index (χ2n) is 7.14. The molecule has 0 aromatic heterocycles. The maximum Gasteiger partial charge on any atom is 0.408 e. The largest absolute Gasteiger partial charge is 0.467 e. The fraction of sp³-hybridized carbons (Fsp3) is 0.526. The van der Waals surface area contributed by atoms with Crippen molar-refractivity contribution in [1.82, 2.24) is 10.6 Å². The van der Waals surface area contributed by atoms with Gasteiger partial charge in [-0.2, -0.15) is 0 Å². The lowest BCUT2D eigenvalue weighted by Crippen LogP contribution is -2.56. The fourth-order valence-corrected chi connectivity index (χ4v) is 2.27. The van der Waals surface area contributed by atoms with Crippen LogP contribution in [0.4, 0.5) is 4.79 Å². The van der Waals surface area contributed by atoms with Crippen molar-refractivity contribution in [2.24, 2.45) is 0 Å². The van der Waals surface area contributed by atoms with Gasteiger partial charge in [-0.3, -0.25) is 4.79 Å². The van der Waals surface area contributed by atoms with Gasteiger partial charge in [-0.05, 0) is 33.3 Å². The molecule has 1 aromatic carbocycles. The van der Waals surface area contributed by atoms with Crippen molar-refractivity contribution < 1.29 is 29.0 Å². The van der Waals surface area contributed by atoms with Crippen LogP contribution in [0.5, 0.6) is 0 Å². The zero-order valence-electron chi connectivity index (χ0n) is 16.3. The Morgan fingerprint density at radius 1 is 1.11 bits per heavy atom. The number of hydrogen-bond acceptors (Lipinski definition) is 6. The minimum absolute atomic E-state index is 0.180. The molecule has 0 unspecified atom stereocenters. The molecule has 8 nitrogen and oxygen atoms in total. The molecule has 0 heterocycles. The minimum atomic E-state index is -1.25. The zero-order chi connectivity index (χ0) is 20.6. The molecule has 0 aliphatic rings. The highest BCUT2D eigenvalue weighted by Crippen LogP contribution is 2.09. The first-order chi connectivity index (χ1) is 12.5. The van der Waals surface area contributed by atoms with Crippen molar-refractivity contribution in [3.63, 3.8) is 0 Å². The van der Waals surface area contributed by atoms with E-state index < -0.39 is 41.8 Å². The second-order valence-corrected chi connectivity index (χ2v) is 7.14. The molecule has 0 bridgehead atoms. The van der Waals surface area contributed by atoms with Crippen molar-refractivity contribution in [1.29, 1.82) is 0 Å². The summed E-state index contributed by atoms with van der Waals surface area (Å²) >= 11 is 0. The van der Waals surface area contributed by atoms with Gasteiger partial charge in [0.05, 0.1) is 13.2 Å². The molecule has 1 rings (SSSR count). The smallest absolute Gasteiger partial charge is 0.408 e. The molecular weight excluding hydrogens is 352 g/mol. The maximum absolute atomic E-state index is 12.7. The van der Waals surface area contributed by atoms with E-state index in [1.807, 2.05) is 30.3 Å². The highest BCUT2D eigenvalue weighted by molar-refractivity contribution is 5.90. The van der Waals surface area contributed by atoms with Gasteiger partial charge in [0.15, 0.2) is 6.04 Å². The van der Waals surface area contributed by atoms with E-state index in [1.165, 1.54) is 6.92 Å². The number of aliphatic hydroxyl groups excluding tert-OH is 1. The Morgan fingerprint density at radius 2 is 1.70 bits per heavy atom. The fourth-order valence-electron chi connectivity index (χ4n) is 2.27. The van der Waals surface area contributed by atoms with E-state index in [1.54, 1.807) is 20.8 Å². The van der Waals surface area contributed by atoms with E-state index in [2.05, 4.69) is 15.4 Å². The molecule has 0 aliphatic heterocycles. The number of aliphatic hydroxyl groups is 1.